The highest BCUT2D eigenvalue weighted by atomic mass is 16.3. The molecule has 2 rings (SSSR count). The van der Waals surface area contributed by atoms with Crippen LogP contribution < -0.4 is 10.6 Å². The number of nitrogens with one attached hydrogen (secondary N) is 2. The van der Waals surface area contributed by atoms with Crippen LogP contribution in [0.25, 0.3) is 0 Å². The Hall–Kier alpha value is -1.63. The minimum absolute atomic E-state index is 0.118. The number of nitrogens with zero attached hydrogens (tertiary/aromatic N) is 3. The Morgan fingerprint density at radius 2 is 1.83 bits per heavy atom. The number of guanidine groups is 1. The SMILES string of the molecule is CCNC(=NCC(O)c1ccc(C(C)(C)C)cc1)NCCN1CCCN(C)CC1. The van der Waals surface area contributed by atoms with Gasteiger partial charge in [-0.2, -0.15) is 0 Å². The van der Waals surface area contributed by atoms with E-state index in [1.54, 1.807) is 0 Å². The van der Waals surface area contributed by atoms with Crippen molar-refractivity contribution >= 4 is 5.96 Å². The second kappa shape index (κ2) is 11.5. The highest BCUT2D eigenvalue weighted by Crippen LogP contribution is 2.24. The highest BCUT2D eigenvalue weighted by Gasteiger charge is 2.15. The van der Waals surface area contributed by atoms with Crippen LogP contribution in [0.15, 0.2) is 29.3 Å². The molecule has 0 radical (unpaired) electrons. The molecule has 0 amide bonds. The van der Waals surface area contributed by atoms with Gasteiger partial charge in [0.2, 0.25) is 0 Å². The third-order valence-electron chi connectivity index (χ3n) is 5.46. The summed E-state index contributed by atoms with van der Waals surface area (Å²) in [4.78, 5) is 9.49. The van der Waals surface area contributed by atoms with E-state index in [1.807, 2.05) is 12.1 Å². The predicted octanol–water partition coefficient (Wildman–Crippen LogP) is 2.21. The third-order valence-corrected chi connectivity index (χ3v) is 5.46. The summed E-state index contributed by atoms with van der Waals surface area (Å²) < 4.78 is 0. The number of benzene rings is 1. The summed E-state index contributed by atoms with van der Waals surface area (Å²) in [5.41, 5.74) is 2.30. The van der Waals surface area contributed by atoms with E-state index in [9.17, 15) is 5.11 Å². The number of rotatable bonds is 7. The molecule has 1 atom stereocenters. The zero-order valence-corrected chi connectivity index (χ0v) is 19.0. The molecule has 0 aliphatic carbocycles. The molecule has 6 nitrogen and oxygen atoms in total. The lowest BCUT2D eigenvalue weighted by Gasteiger charge is -2.21. The molecule has 6 heteroatoms. The van der Waals surface area contributed by atoms with Gasteiger partial charge < -0.3 is 25.5 Å². The lowest BCUT2D eigenvalue weighted by Crippen LogP contribution is -2.42. The fraction of sp³-hybridized carbons (Fsp3) is 0.696. The first kappa shape index (κ1) is 23.6. The number of aliphatic hydroxyl groups is 1. The fourth-order valence-corrected chi connectivity index (χ4v) is 3.49. The molecule has 0 aromatic heterocycles. The van der Waals surface area contributed by atoms with Crippen LogP contribution in [0.1, 0.15) is 51.3 Å². The van der Waals surface area contributed by atoms with Crippen LogP contribution >= 0.6 is 0 Å². The molecular formula is C23H41N5O. The summed E-state index contributed by atoms with van der Waals surface area (Å²) in [5.74, 6) is 0.768. The van der Waals surface area contributed by atoms with Crippen molar-refractivity contribution < 1.29 is 5.11 Å². The number of aliphatic imine (C=N–C) groups is 1. The lowest BCUT2D eigenvalue weighted by molar-refractivity contribution is 0.187. The molecule has 1 saturated heterocycles. The Morgan fingerprint density at radius 1 is 1.10 bits per heavy atom. The Labute approximate surface area is 177 Å². The standard InChI is InChI=1S/C23H41N5O/c1-6-24-22(25-12-15-28-14-7-13-27(5)16-17-28)26-18-21(29)19-8-10-20(11-9-19)23(2,3)4/h8-11,21,29H,6-7,12-18H2,1-5H3,(H2,24,25,26). The van der Waals surface area contributed by atoms with Crippen molar-refractivity contribution in [2.75, 3.05) is 59.4 Å². The number of hydrogen-bond donors (Lipinski definition) is 3. The molecule has 1 unspecified atom stereocenters. The summed E-state index contributed by atoms with van der Waals surface area (Å²) in [7, 11) is 2.19. The maximum atomic E-state index is 10.5. The molecular weight excluding hydrogens is 362 g/mol. The first-order valence-corrected chi connectivity index (χ1v) is 11.0. The van der Waals surface area contributed by atoms with Crippen molar-refractivity contribution in [3.8, 4) is 0 Å². The van der Waals surface area contributed by atoms with E-state index < -0.39 is 6.10 Å². The van der Waals surface area contributed by atoms with Crippen LogP contribution in [-0.4, -0.2) is 80.3 Å². The van der Waals surface area contributed by atoms with Gasteiger partial charge in [-0.05, 0) is 50.0 Å². The summed E-state index contributed by atoms with van der Waals surface area (Å²) in [6, 6.07) is 8.23. The van der Waals surface area contributed by atoms with E-state index in [1.165, 1.54) is 18.5 Å². The van der Waals surface area contributed by atoms with Crippen molar-refractivity contribution in [2.45, 2.75) is 45.6 Å². The summed E-state index contributed by atoms with van der Waals surface area (Å²) >= 11 is 0. The zero-order valence-electron chi connectivity index (χ0n) is 19.0. The lowest BCUT2D eigenvalue weighted by atomic mass is 9.86. The van der Waals surface area contributed by atoms with Gasteiger partial charge in [-0.25, -0.2) is 0 Å². The zero-order chi connectivity index (χ0) is 21.3. The smallest absolute Gasteiger partial charge is 0.191 e. The average molecular weight is 404 g/mol. The van der Waals surface area contributed by atoms with Gasteiger partial charge >= 0.3 is 0 Å². The molecule has 1 aromatic rings. The second-order valence-electron chi connectivity index (χ2n) is 9.03. The summed E-state index contributed by atoms with van der Waals surface area (Å²) in [6.45, 7) is 16.2. The highest BCUT2D eigenvalue weighted by molar-refractivity contribution is 5.79. The largest absolute Gasteiger partial charge is 0.386 e. The number of hydrogen-bond acceptors (Lipinski definition) is 4. The Kier molecular flexibility index (Phi) is 9.40. The van der Waals surface area contributed by atoms with Crippen molar-refractivity contribution in [3.63, 3.8) is 0 Å². The molecule has 0 spiro atoms. The molecule has 29 heavy (non-hydrogen) atoms. The maximum absolute atomic E-state index is 10.5. The second-order valence-corrected chi connectivity index (χ2v) is 9.03. The first-order valence-electron chi connectivity index (χ1n) is 11.0. The minimum Gasteiger partial charge on any atom is -0.386 e. The molecule has 1 aliphatic rings. The predicted molar refractivity (Wildman–Crippen MR) is 123 cm³/mol. The monoisotopic (exact) mass is 403 g/mol. The van der Waals surface area contributed by atoms with Crippen LogP contribution in [-0.2, 0) is 5.41 Å². The number of aliphatic hydroxyl groups excluding tert-OH is 1. The van der Waals surface area contributed by atoms with Gasteiger partial charge in [0.25, 0.3) is 0 Å². The van der Waals surface area contributed by atoms with Crippen LogP contribution in [0.2, 0.25) is 0 Å². The Balaban J connectivity index is 1.84. The summed E-state index contributed by atoms with van der Waals surface area (Å²) in [6.07, 6.45) is 0.630. The molecule has 0 saturated carbocycles. The molecule has 164 valence electrons. The van der Waals surface area contributed by atoms with E-state index in [0.29, 0.717) is 6.54 Å². The normalized spacial score (nSPS) is 18.3. The van der Waals surface area contributed by atoms with Gasteiger partial charge in [0.05, 0.1) is 12.6 Å². The van der Waals surface area contributed by atoms with Gasteiger partial charge in [-0.15, -0.1) is 0 Å². The van der Waals surface area contributed by atoms with Gasteiger partial charge in [0, 0.05) is 32.7 Å². The Bertz CT molecular complexity index is 623. The third kappa shape index (κ3) is 8.33. The van der Waals surface area contributed by atoms with Crippen LogP contribution in [0.3, 0.4) is 0 Å². The van der Waals surface area contributed by atoms with Crippen LogP contribution in [0, 0.1) is 0 Å². The Morgan fingerprint density at radius 3 is 2.48 bits per heavy atom. The molecule has 0 bridgehead atoms. The average Bonchev–Trinajstić information content (AvgIpc) is 2.89. The molecule has 3 N–H and O–H groups in total. The van der Waals surface area contributed by atoms with E-state index in [2.05, 4.69) is 72.3 Å². The fourth-order valence-electron chi connectivity index (χ4n) is 3.49. The minimum atomic E-state index is -0.597. The number of likely N-dealkylation sites (N-methyl/N-ethyl adjacent to an activating group) is 1. The quantitative estimate of drug-likeness (QED) is 0.481. The molecule has 1 fully saturated rings. The van der Waals surface area contributed by atoms with Crippen molar-refractivity contribution in [3.05, 3.63) is 35.4 Å². The van der Waals surface area contributed by atoms with Gasteiger partial charge in [0.1, 0.15) is 0 Å². The van der Waals surface area contributed by atoms with Crippen molar-refractivity contribution in [2.24, 2.45) is 4.99 Å². The van der Waals surface area contributed by atoms with Crippen LogP contribution in [0.5, 0.6) is 0 Å². The maximum Gasteiger partial charge on any atom is 0.191 e. The van der Waals surface area contributed by atoms with Crippen molar-refractivity contribution in [1.82, 2.24) is 20.4 Å². The summed E-state index contributed by atoms with van der Waals surface area (Å²) in [5, 5.41) is 17.2. The van der Waals surface area contributed by atoms with Gasteiger partial charge in [-0.3, -0.25) is 4.99 Å². The topological polar surface area (TPSA) is 63.1 Å². The molecule has 1 aromatic carbocycles. The van der Waals surface area contributed by atoms with E-state index in [0.717, 1.165) is 50.8 Å². The molecule has 1 aliphatic heterocycles. The van der Waals surface area contributed by atoms with Crippen molar-refractivity contribution in [1.29, 1.82) is 0 Å². The van der Waals surface area contributed by atoms with Crippen LogP contribution in [0.4, 0.5) is 0 Å². The van der Waals surface area contributed by atoms with E-state index in [4.69, 9.17) is 0 Å². The van der Waals surface area contributed by atoms with Gasteiger partial charge in [-0.1, -0.05) is 45.0 Å². The first-order chi connectivity index (χ1) is 13.8. The van der Waals surface area contributed by atoms with E-state index >= 15 is 0 Å². The van der Waals surface area contributed by atoms with E-state index in [-0.39, 0.29) is 5.41 Å². The van der Waals surface area contributed by atoms with Gasteiger partial charge in [0.15, 0.2) is 5.96 Å². The molecule has 1 heterocycles.